The van der Waals surface area contributed by atoms with Crippen molar-refractivity contribution in [2.75, 3.05) is 25.4 Å². The van der Waals surface area contributed by atoms with E-state index in [9.17, 15) is 26.4 Å². The lowest BCUT2D eigenvalue weighted by Crippen LogP contribution is -2.54. The van der Waals surface area contributed by atoms with Crippen molar-refractivity contribution in [3.05, 3.63) is 47.6 Å². The van der Waals surface area contributed by atoms with Gasteiger partial charge in [0.2, 0.25) is 0 Å². The largest absolute Gasteiger partial charge is 0.490 e. The number of likely N-dealkylation sites (tertiary alicyclic amines) is 1. The van der Waals surface area contributed by atoms with Gasteiger partial charge in [-0.25, -0.2) is 13.2 Å². The Morgan fingerprint density at radius 1 is 1.23 bits per heavy atom. The molecule has 14 heteroatoms. The normalized spacial score (nSPS) is 22.3. The number of amides is 1. The number of halogens is 3. The number of carbonyl (C=O) groups is 2. The quantitative estimate of drug-likeness (QED) is 0.647. The van der Waals surface area contributed by atoms with Crippen LogP contribution in [0.1, 0.15) is 34.7 Å². The number of sulfone groups is 1. The van der Waals surface area contributed by atoms with Crippen molar-refractivity contribution in [1.82, 2.24) is 19.9 Å². The third-order valence-corrected chi connectivity index (χ3v) is 8.11. The first-order chi connectivity index (χ1) is 16.4. The fourth-order valence-electron chi connectivity index (χ4n) is 4.21. The molecule has 192 valence electrons. The number of nitrogens with zero attached hydrogens (tertiary/aromatic N) is 4. The van der Waals surface area contributed by atoms with Gasteiger partial charge in [-0.2, -0.15) is 13.2 Å². The Kier molecular flexibility index (Phi) is 8.15. The lowest BCUT2D eigenvalue weighted by atomic mass is 10.1. The smallest absolute Gasteiger partial charge is 0.475 e. The second kappa shape index (κ2) is 10.7. The number of hydrogen-bond acceptors (Lipinski definition) is 8. The van der Waals surface area contributed by atoms with Crippen molar-refractivity contribution >= 4 is 21.7 Å². The second-order valence-corrected chi connectivity index (χ2v) is 10.6. The van der Waals surface area contributed by atoms with Gasteiger partial charge in [-0.1, -0.05) is 11.2 Å². The highest BCUT2D eigenvalue weighted by molar-refractivity contribution is 7.92. The molecule has 4 heterocycles. The minimum Gasteiger partial charge on any atom is -0.475 e. The first-order valence-electron chi connectivity index (χ1n) is 10.8. The van der Waals surface area contributed by atoms with E-state index in [1.54, 1.807) is 24.1 Å². The minimum absolute atomic E-state index is 0.101. The van der Waals surface area contributed by atoms with E-state index in [0.29, 0.717) is 44.8 Å². The summed E-state index contributed by atoms with van der Waals surface area (Å²) in [7, 11) is -3.17. The van der Waals surface area contributed by atoms with Gasteiger partial charge >= 0.3 is 12.1 Å². The van der Waals surface area contributed by atoms with Crippen molar-refractivity contribution < 1.29 is 40.8 Å². The third-order valence-electron chi connectivity index (χ3n) is 5.89. The molecule has 35 heavy (non-hydrogen) atoms. The first kappa shape index (κ1) is 26.6. The predicted octanol–water partition coefficient (Wildman–Crippen LogP) is 1.92. The second-order valence-electron chi connectivity index (χ2n) is 8.30. The molecular formula is C21H25F3N4O6S. The lowest BCUT2D eigenvalue weighted by Gasteiger charge is -2.40. The summed E-state index contributed by atoms with van der Waals surface area (Å²) in [5.74, 6) is -2.22. The zero-order valence-corrected chi connectivity index (χ0v) is 19.6. The highest BCUT2D eigenvalue weighted by atomic mass is 32.2. The summed E-state index contributed by atoms with van der Waals surface area (Å²) in [6.07, 6.45) is -0.475. The van der Waals surface area contributed by atoms with E-state index in [2.05, 4.69) is 15.0 Å². The number of hydrogen-bond donors (Lipinski definition) is 1. The molecule has 10 nitrogen and oxygen atoms in total. The highest BCUT2D eigenvalue weighted by Gasteiger charge is 2.43. The zero-order chi connectivity index (χ0) is 25.8. The van der Waals surface area contributed by atoms with E-state index >= 15 is 0 Å². The molecule has 0 saturated carbocycles. The Hall–Kier alpha value is -3.00. The van der Waals surface area contributed by atoms with Crippen molar-refractivity contribution in [1.29, 1.82) is 0 Å². The molecular weight excluding hydrogens is 493 g/mol. The number of rotatable bonds is 3. The van der Waals surface area contributed by atoms with Crippen LogP contribution in [0.2, 0.25) is 0 Å². The number of pyridine rings is 1. The Bertz CT molecular complexity index is 1140. The monoisotopic (exact) mass is 518 g/mol. The Labute approximate surface area is 199 Å². The maximum atomic E-state index is 12.7. The Balaban J connectivity index is 0.000000429. The molecule has 2 atom stereocenters. The number of aliphatic carboxylic acids is 1. The van der Waals surface area contributed by atoms with Crippen molar-refractivity contribution in [2.24, 2.45) is 0 Å². The van der Waals surface area contributed by atoms with E-state index in [0.717, 1.165) is 5.56 Å². The molecule has 2 fully saturated rings. The van der Waals surface area contributed by atoms with E-state index in [4.69, 9.17) is 14.4 Å². The molecule has 2 aromatic heterocycles. The van der Waals surface area contributed by atoms with Crippen LogP contribution in [0.4, 0.5) is 13.2 Å². The average molecular weight is 519 g/mol. The van der Waals surface area contributed by atoms with E-state index in [1.807, 2.05) is 18.3 Å². The first-order valence-corrected chi connectivity index (χ1v) is 12.5. The molecule has 4 rings (SSSR count). The summed E-state index contributed by atoms with van der Waals surface area (Å²) in [5.41, 5.74) is 1.34. The standard InChI is InChI=1S/C19H24N4O4S.C2HF3O2/c1-14-11-16(21-27-14)19(24)22-7-4-17-18(5-8-22)28(25,26)10-9-23(17)13-15-3-2-6-20-12-15;3-2(4,5)1(6)7/h2-3,6,11-12,17-18H,4-5,7-10,13H2,1H3;(H,6,7)/t17-,18+;/m0./s1. The number of carboxylic acids is 1. The van der Waals surface area contributed by atoms with Crippen LogP contribution >= 0.6 is 0 Å². The van der Waals surface area contributed by atoms with Crippen LogP contribution in [0.25, 0.3) is 0 Å². The molecule has 2 aliphatic heterocycles. The number of carboxylic acid groups (broad SMARTS) is 1. The highest BCUT2D eigenvalue weighted by Crippen LogP contribution is 2.29. The van der Waals surface area contributed by atoms with Gasteiger partial charge in [-0.3, -0.25) is 14.7 Å². The van der Waals surface area contributed by atoms with Gasteiger partial charge in [-0.05, 0) is 31.4 Å². The number of alkyl halides is 3. The van der Waals surface area contributed by atoms with E-state index in [-0.39, 0.29) is 23.4 Å². The predicted molar refractivity (Wildman–Crippen MR) is 116 cm³/mol. The summed E-state index contributed by atoms with van der Waals surface area (Å²) in [4.78, 5) is 29.7. The van der Waals surface area contributed by atoms with Crippen molar-refractivity contribution in [3.8, 4) is 0 Å². The Morgan fingerprint density at radius 3 is 2.49 bits per heavy atom. The van der Waals surface area contributed by atoms with Crippen LogP contribution in [0, 0.1) is 6.92 Å². The minimum atomic E-state index is -5.08. The van der Waals surface area contributed by atoms with Crippen LogP contribution in [-0.4, -0.2) is 88.2 Å². The number of aryl methyl sites for hydroxylation is 1. The van der Waals surface area contributed by atoms with Gasteiger partial charge < -0.3 is 14.5 Å². The van der Waals surface area contributed by atoms with Crippen molar-refractivity contribution in [3.63, 3.8) is 0 Å². The number of aromatic nitrogens is 2. The van der Waals surface area contributed by atoms with Gasteiger partial charge in [0.1, 0.15) is 5.76 Å². The van der Waals surface area contributed by atoms with Crippen LogP contribution in [-0.2, 0) is 21.2 Å². The van der Waals surface area contributed by atoms with Gasteiger partial charge in [0.15, 0.2) is 15.5 Å². The number of carbonyl (C=O) groups excluding carboxylic acids is 1. The lowest BCUT2D eigenvalue weighted by molar-refractivity contribution is -0.192. The van der Waals surface area contributed by atoms with Gasteiger partial charge in [0, 0.05) is 50.7 Å². The fraction of sp³-hybridized carbons (Fsp3) is 0.524. The molecule has 1 amide bonds. The molecule has 1 N–H and O–H groups in total. The molecule has 0 bridgehead atoms. The Morgan fingerprint density at radius 2 is 1.91 bits per heavy atom. The SMILES string of the molecule is Cc1cc(C(=O)N2CC[C@@H]3[C@H](CC2)N(Cc2cccnc2)CCS3(=O)=O)no1.O=C(O)C(F)(F)F. The summed E-state index contributed by atoms with van der Waals surface area (Å²) in [6.45, 7) is 3.83. The molecule has 0 spiro atoms. The molecule has 0 aromatic carbocycles. The maximum Gasteiger partial charge on any atom is 0.490 e. The summed E-state index contributed by atoms with van der Waals surface area (Å²) in [6, 6.07) is 5.41. The van der Waals surface area contributed by atoms with E-state index < -0.39 is 27.2 Å². The van der Waals surface area contributed by atoms with E-state index in [1.165, 1.54) is 0 Å². The zero-order valence-electron chi connectivity index (χ0n) is 18.8. The summed E-state index contributed by atoms with van der Waals surface area (Å²) >= 11 is 0. The average Bonchev–Trinajstić information content (AvgIpc) is 3.09. The fourth-order valence-corrected chi connectivity index (χ4v) is 6.26. The van der Waals surface area contributed by atoms with Gasteiger partial charge in [0.25, 0.3) is 5.91 Å². The topological polar surface area (TPSA) is 134 Å². The number of fused-ring (bicyclic) bond motifs is 1. The van der Waals surface area contributed by atoms with Gasteiger partial charge in [0.05, 0.1) is 11.0 Å². The maximum absolute atomic E-state index is 12.7. The molecule has 2 saturated heterocycles. The van der Waals surface area contributed by atoms with Gasteiger partial charge in [-0.15, -0.1) is 0 Å². The summed E-state index contributed by atoms with van der Waals surface area (Å²) < 4.78 is 62.2. The van der Waals surface area contributed by atoms with Crippen LogP contribution in [0.15, 0.2) is 35.1 Å². The molecule has 0 radical (unpaired) electrons. The molecule has 2 aliphatic rings. The van der Waals surface area contributed by atoms with Crippen molar-refractivity contribution in [2.45, 2.75) is 43.8 Å². The van der Waals surface area contributed by atoms with Crippen LogP contribution < -0.4 is 0 Å². The van der Waals surface area contributed by atoms with Crippen LogP contribution in [0.5, 0.6) is 0 Å². The van der Waals surface area contributed by atoms with Crippen LogP contribution in [0.3, 0.4) is 0 Å². The third kappa shape index (κ3) is 6.78. The molecule has 2 aromatic rings. The summed E-state index contributed by atoms with van der Waals surface area (Å²) in [5, 5.41) is 10.5. The molecule has 0 unspecified atom stereocenters. The molecule has 0 aliphatic carbocycles.